The molecule has 1 aliphatic heterocycles. The monoisotopic (exact) mass is 434 g/mol. The van der Waals surface area contributed by atoms with Gasteiger partial charge in [0.05, 0.1) is 21.3 Å². The van der Waals surface area contributed by atoms with Gasteiger partial charge < -0.3 is 24.4 Å². The van der Waals surface area contributed by atoms with E-state index in [1.807, 2.05) is 12.1 Å². The number of benzene rings is 1. The van der Waals surface area contributed by atoms with Gasteiger partial charge in [0, 0.05) is 44.3 Å². The van der Waals surface area contributed by atoms with Gasteiger partial charge in [-0.05, 0) is 30.5 Å². The molecular formula is C20H27ClN6O3. The van der Waals surface area contributed by atoms with E-state index in [1.165, 1.54) is 0 Å². The number of aromatic nitrogens is 3. The van der Waals surface area contributed by atoms with E-state index in [0.717, 1.165) is 51.1 Å². The number of nitrogens with zero attached hydrogens (tertiary/aromatic N) is 5. The molecule has 0 unspecified atom stereocenters. The summed E-state index contributed by atoms with van der Waals surface area (Å²) < 4.78 is 16.5. The second-order valence-electron chi connectivity index (χ2n) is 7.40. The van der Waals surface area contributed by atoms with Gasteiger partial charge in [-0.25, -0.2) is 0 Å². The summed E-state index contributed by atoms with van der Waals surface area (Å²) in [6.45, 7) is 4.10. The second-order valence-corrected chi connectivity index (χ2v) is 7.74. The van der Waals surface area contributed by atoms with Crippen molar-refractivity contribution in [3.05, 3.63) is 23.0 Å². The van der Waals surface area contributed by atoms with Crippen LogP contribution >= 0.6 is 11.6 Å². The van der Waals surface area contributed by atoms with Crippen LogP contribution in [0.1, 0.15) is 18.4 Å². The first kappa shape index (κ1) is 20.7. The SMILES string of the molecule is COc1ccc(CN2CCN(c3nc(Cl)nc(NC4CC4)n3)CC2)c(OC)c1OC. The normalized spacial score (nSPS) is 17.0. The lowest BCUT2D eigenvalue weighted by atomic mass is 10.1. The predicted octanol–water partition coefficient (Wildman–Crippen LogP) is 2.45. The van der Waals surface area contributed by atoms with Crippen molar-refractivity contribution in [2.24, 2.45) is 0 Å². The molecule has 0 radical (unpaired) electrons. The van der Waals surface area contributed by atoms with Crippen molar-refractivity contribution < 1.29 is 14.2 Å². The van der Waals surface area contributed by atoms with Crippen molar-refractivity contribution in [3.8, 4) is 17.2 Å². The third kappa shape index (κ3) is 4.62. The number of ether oxygens (including phenoxy) is 3. The molecule has 10 heteroatoms. The highest BCUT2D eigenvalue weighted by Gasteiger charge is 2.25. The molecule has 9 nitrogen and oxygen atoms in total. The Morgan fingerprint density at radius 1 is 0.967 bits per heavy atom. The quantitative estimate of drug-likeness (QED) is 0.673. The minimum absolute atomic E-state index is 0.223. The number of nitrogens with one attached hydrogen (secondary N) is 1. The highest BCUT2D eigenvalue weighted by molar-refractivity contribution is 6.28. The van der Waals surface area contributed by atoms with Crippen molar-refractivity contribution in [1.29, 1.82) is 0 Å². The summed E-state index contributed by atoms with van der Waals surface area (Å²) in [6, 6.07) is 4.40. The number of methoxy groups -OCH3 is 3. The van der Waals surface area contributed by atoms with Gasteiger partial charge in [0.15, 0.2) is 11.5 Å². The fourth-order valence-corrected chi connectivity index (χ4v) is 3.75. The van der Waals surface area contributed by atoms with Gasteiger partial charge in [0.1, 0.15) is 0 Å². The number of anilines is 2. The third-order valence-corrected chi connectivity index (χ3v) is 5.51. The van der Waals surface area contributed by atoms with Gasteiger partial charge in [-0.15, -0.1) is 0 Å². The molecule has 0 atom stereocenters. The maximum atomic E-state index is 6.12. The molecule has 2 heterocycles. The van der Waals surface area contributed by atoms with E-state index >= 15 is 0 Å². The Morgan fingerprint density at radius 2 is 1.70 bits per heavy atom. The van der Waals surface area contributed by atoms with Gasteiger partial charge in [0.2, 0.25) is 22.9 Å². The smallest absolute Gasteiger partial charge is 0.231 e. The molecule has 1 N–H and O–H groups in total. The van der Waals surface area contributed by atoms with Crippen LogP contribution in [0.4, 0.5) is 11.9 Å². The van der Waals surface area contributed by atoms with Gasteiger partial charge >= 0.3 is 0 Å². The van der Waals surface area contributed by atoms with Crippen LogP contribution in [0.3, 0.4) is 0 Å². The zero-order chi connectivity index (χ0) is 21.1. The molecule has 1 aliphatic carbocycles. The van der Waals surface area contributed by atoms with E-state index in [2.05, 4.69) is 30.1 Å². The molecule has 2 fully saturated rings. The average molecular weight is 435 g/mol. The van der Waals surface area contributed by atoms with E-state index in [1.54, 1.807) is 21.3 Å². The van der Waals surface area contributed by atoms with Crippen LogP contribution in [0.15, 0.2) is 12.1 Å². The second kappa shape index (κ2) is 9.09. The van der Waals surface area contributed by atoms with Crippen LogP contribution in [0.5, 0.6) is 17.2 Å². The van der Waals surface area contributed by atoms with Crippen LogP contribution in [-0.2, 0) is 6.54 Å². The Morgan fingerprint density at radius 3 is 2.33 bits per heavy atom. The molecule has 30 heavy (non-hydrogen) atoms. The number of halogens is 1. The van der Waals surface area contributed by atoms with Gasteiger partial charge in [-0.2, -0.15) is 15.0 Å². The van der Waals surface area contributed by atoms with Crippen LogP contribution in [-0.4, -0.2) is 73.4 Å². The molecule has 0 spiro atoms. The van der Waals surface area contributed by atoms with E-state index in [0.29, 0.717) is 35.2 Å². The summed E-state index contributed by atoms with van der Waals surface area (Å²) in [6.07, 6.45) is 2.30. The number of hydrogen-bond acceptors (Lipinski definition) is 9. The molecule has 1 aromatic carbocycles. The molecule has 1 saturated carbocycles. The van der Waals surface area contributed by atoms with Crippen molar-refractivity contribution in [2.45, 2.75) is 25.4 Å². The Bertz CT molecular complexity index is 887. The Balaban J connectivity index is 1.41. The molecule has 1 saturated heterocycles. The Kier molecular flexibility index (Phi) is 6.29. The fourth-order valence-electron chi connectivity index (χ4n) is 3.59. The van der Waals surface area contributed by atoms with Crippen LogP contribution < -0.4 is 24.4 Å². The van der Waals surface area contributed by atoms with Gasteiger partial charge in [0.25, 0.3) is 0 Å². The van der Waals surface area contributed by atoms with Crippen molar-refractivity contribution in [1.82, 2.24) is 19.9 Å². The van der Waals surface area contributed by atoms with E-state index in [-0.39, 0.29) is 5.28 Å². The summed E-state index contributed by atoms with van der Waals surface area (Å²) in [4.78, 5) is 17.6. The fraction of sp³-hybridized carbons (Fsp3) is 0.550. The van der Waals surface area contributed by atoms with E-state index in [4.69, 9.17) is 25.8 Å². The Labute approximate surface area is 181 Å². The molecule has 2 aliphatic rings. The van der Waals surface area contributed by atoms with Crippen molar-refractivity contribution in [3.63, 3.8) is 0 Å². The minimum Gasteiger partial charge on any atom is -0.493 e. The lowest BCUT2D eigenvalue weighted by Gasteiger charge is -2.35. The summed E-state index contributed by atoms with van der Waals surface area (Å²) in [5, 5.41) is 3.51. The number of rotatable bonds is 8. The highest BCUT2D eigenvalue weighted by Crippen LogP contribution is 2.40. The highest BCUT2D eigenvalue weighted by atomic mass is 35.5. The molecule has 0 amide bonds. The van der Waals surface area contributed by atoms with Gasteiger partial charge in [-0.1, -0.05) is 6.07 Å². The maximum Gasteiger partial charge on any atom is 0.231 e. The topological polar surface area (TPSA) is 84.9 Å². The maximum absolute atomic E-state index is 6.12. The number of piperazine rings is 1. The first-order valence-corrected chi connectivity index (χ1v) is 10.4. The molecule has 4 rings (SSSR count). The van der Waals surface area contributed by atoms with E-state index in [9.17, 15) is 0 Å². The summed E-state index contributed by atoms with van der Waals surface area (Å²) in [7, 11) is 4.89. The van der Waals surface area contributed by atoms with Crippen LogP contribution in [0.25, 0.3) is 0 Å². The summed E-state index contributed by atoms with van der Waals surface area (Å²) >= 11 is 6.12. The first-order chi connectivity index (χ1) is 14.6. The lowest BCUT2D eigenvalue weighted by Crippen LogP contribution is -2.46. The largest absolute Gasteiger partial charge is 0.493 e. The molecule has 1 aromatic heterocycles. The summed E-state index contributed by atoms with van der Waals surface area (Å²) in [5.74, 6) is 3.17. The number of hydrogen-bond donors (Lipinski definition) is 1. The van der Waals surface area contributed by atoms with Crippen LogP contribution in [0.2, 0.25) is 5.28 Å². The Hall–Kier alpha value is -2.52. The van der Waals surface area contributed by atoms with Crippen molar-refractivity contribution in [2.75, 3.05) is 57.7 Å². The molecular weight excluding hydrogens is 408 g/mol. The molecule has 162 valence electrons. The first-order valence-electron chi connectivity index (χ1n) is 10.0. The standard InChI is InChI=1S/C20H27ClN6O3/c1-28-15-7-4-13(16(29-2)17(15)30-3)12-26-8-10-27(11-9-26)20-24-18(21)23-19(25-20)22-14-5-6-14/h4,7,14H,5-6,8-12H2,1-3H3,(H,22,23,24,25). The summed E-state index contributed by atoms with van der Waals surface area (Å²) in [5.41, 5.74) is 1.06. The van der Waals surface area contributed by atoms with E-state index < -0.39 is 0 Å². The molecule has 2 aromatic rings. The zero-order valence-corrected chi connectivity index (χ0v) is 18.3. The molecule has 0 bridgehead atoms. The zero-order valence-electron chi connectivity index (χ0n) is 17.5. The predicted molar refractivity (Wildman–Crippen MR) is 115 cm³/mol. The minimum atomic E-state index is 0.223. The van der Waals surface area contributed by atoms with Crippen LogP contribution in [0, 0.1) is 0 Å². The lowest BCUT2D eigenvalue weighted by molar-refractivity contribution is 0.242. The third-order valence-electron chi connectivity index (χ3n) is 5.34. The average Bonchev–Trinajstić information content (AvgIpc) is 3.57. The van der Waals surface area contributed by atoms with Crippen molar-refractivity contribution >= 4 is 23.5 Å². The van der Waals surface area contributed by atoms with Gasteiger partial charge in [-0.3, -0.25) is 4.90 Å².